The summed E-state index contributed by atoms with van der Waals surface area (Å²) in [5.74, 6) is -0.763. The monoisotopic (exact) mass is 269 g/mol. The van der Waals surface area contributed by atoms with Gasteiger partial charge in [-0.1, -0.05) is 12.1 Å². The molecule has 1 N–H and O–H groups in total. The molecule has 0 aliphatic rings. The van der Waals surface area contributed by atoms with Gasteiger partial charge in [-0.25, -0.2) is 8.42 Å². The van der Waals surface area contributed by atoms with Crippen molar-refractivity contribution < 1.29 is 17.9 Å². The number of carbonyl (C=O) groups excluding carboxylic acids is 1. The van der Waals surface area contributed by atoms with Crippen LogP contribution in [0.4, 0.5) is 5.69 Å². The molecule has 0 atom stereocenters. The summed E-state index contributed by atoms with van der Waals surface area (Å²) in [7, 11) is -1.92. The number of sulfone groups is 1. The Kier molecular flexibility index (Phi) is 4.91. The summed E-state index contributed by atoms with van der Waals surface area (Å²) in [5, 5.41) is 2.50. The van der Waals surface area contributed by atoms with Gasteiger partial charge in [-0.05, 0) is 12.1 Å². The Labute approximate surface area is 106 Å². The summed E-state index contributed by atoms with van der Waals surface area (Å²) in [6.45, 7) is 3.33. The number of hydrogen-bond donors (Lipinski definition) is 1. The molecule has 6 heteroatoms. The fourth-order valence-corrected chi connectivity index (χ4v) is 2.28. The summed E-state index contributed by atoms with van der Waals surface area (Å²) in [6.07, 6.45) is 1.26. The first kappa shape index (κ1) is 14.2. The molecule has 1 aromatic carbocycles. The van der Waals surface area contributed by atoms with Crippen LogP contribution in [0.1, 0.15) is 0 Å². The Balaban J connectivity index is 2.67. The molecule has 98 valence electrons. The molecule has 0 spiro atoms. The molecule has 0 radical (unpaired) electrons. The van der Waals surface area contributed by atoms with Gasteiger partial charge in [-0.3, -0.25) is 4.79 Å². The average molecular weight is 269 g/mol. The summed E-state index contributed by atoms with van der Waals surface area (Å²) in [6, 6.07) is 6.69. The molecule has 0 aliphatic heterocycles. The lowest BCUT2D eigenvalue weighted by Gasteiger charge is -2.06. The highest BCUT2D eigenvalue weighted by Crippen LogP contribution is 2.16. The van der Waals surface area contributed by atoms with E-state index >= 15 is 0 Å². The van der Waals surface area contributed by atoms with Crippen molar-refractivity contribution in [3.8, 4) is 5.75 Å². The van der Waals surface area contributed by atoms with Gasteiger partial charge in [0.05, 0.1) is 12.9 Å². The van der Waals surface area contributed by atoms with Crippen LogP contribution in [0.5, 0.6) is 5.75 Å². The molecule has 5 nitrogen and oxygen atoms in total. The second-order valence-corrected chi connectivity index (χ2v) is 5.73. The molecule has 0 aromatic heterocycles. The number of methoxy groups -OCH3 is 1. The quantitative estimate of drug-likeness (QED) is 0.788. The van der Waals surface area contributed by atoms with E-state index < -0.39 is 21.5 Å². The van der Waals surface area contributed by atoms with E-state index in [1.54, 1.807) is 24.3 Å². The minimum absolute atomic E-state index is 0.210. The maximum absolute atomic E-state index is 11.5. The highest BCUT2D eigenvalue weighted by molar-refractivity contribution is 7.92. The lowest BCUT2D eigenvalue weighted by atomic mass is 10.3. The molecule has 0 saturated carbocycles. The van der Waals surface area contributed by atoms with Crippen LogP contribution in [0.25, 0.3) is 0 Å². The Morgan fingerprint density at radius 2 is 2.22 bits per heavy atom. The van der Waals surface area contributed by atoms with Crippen molar-refractivity contribution >= 4 is 21.4 Å². The molecule has 1 rings (SSSR count). The van der Waals surface area contributed by atoms with Crippen LogP contribution in [-0.4, -0.2) is 32.9 Å². The van der Waals surface area contributed by atoms with Crippen molar-refractivity contribution in [2.75, 3.05) is 23.9 Å². The van der Waals surface area contributed by atoms with Gasteiger partial charge in [-0.15, -0.1) is 6.58 Å². The Hall–Kier alpha value is -1.82. The van der Waals surface area contributed by atoms with Crippen molar-refractivity contribution in [2.45, 2.75) is 0 Å². The minimum Gasteiger partial charge on any atom is -0.497 e. The molecule has 0 fully saturated rings. The van der Waals surface area contributed by atoms with Crippen LogP contribution in [0.2, 0.25) is 0 Å². The Bertz CT molecular complexity index is 537. The first-order chi connectivity index (χ1) is 8.46. The van der Waals surface area contributed by atoms with E-state index in [0.717, 1.165) is 0 Å². The standard InChI is InChI=1S/C12H15NO4S/c1-3-7-18(15,16)9-12(14)13-10-5-4-6-11(8-10)17-2/h3-6,8H,1,7,9H2,2H3,(H,13,14). The van der Waals surface area contributed by atoms with E-state index in [1.165, 1.54) is 13.2 Å². The third-order valence-electron chi connectivity index (χ3n) is 2.08. The molecule has 0 aliphatic carbocycles. The zero-order valence-corrected chi connectivity index (χ0v) is 10.9. The highest BCUT2D eigenvalue weighted by atomic mass is 32.2. The summed E-state index contributed by atoms with van der Waals surface area (Å²) in [4.78, 5) is 11.5. The number of hydrogen-bond acceptors (Lipinski definition) is 4. The molecular formula is C12H15NO4S. The van der Waals surface area contributed by atoms with Crippen molar-refractivity contribution in [3.05, 3.63) is 36.9 Å². The van der Waals surface area contributed by atoms with Gasteiger partial charge in [0.25, 0.3) is 0 Å². The van der Waals surface area contributed by atoms with Crippen LogP contribution >= 0.6 is 0 Å². The molecular weight excluding hydrogens is 254 g/mol. The first-order valence-corrected chi connectivity index (χ1v) is 7.04. The highest BCUT2D eigenvalue weighted by Gasteiger charge is 2.15. The topological polar surface area (TPSA) is 72.5 Å². The number of nitrogens with one attached hydrogen (secondary N) is 1. The summed E-state index contributed by atoms with van der Waals surface area (Å²) < 4.78 is 27.8. The largest absolute Gasteiger partial charge is 0.497 e. The van der Waals surface area contributed by atoms with E-state index in [9.17, 15) is 13.2 Å². The number of carbonyl (C=O) groups is 1. The number of amides is 1. The predicted octanol–water partition coefficient (Wildman–Crippen LogP) is 1.23. The Morgan fingerprint density at radius 3 is 2.83 bits per heavy atom. The zero-order valence-electron chi connectivity index (χ0n) is 10.0. The Morgan fingerprint density at radius 1 is 1.50 bits per heavy atom. The zero-order chi connectivity index (χ0) is 13.6. The van der Waals surface area contributed by atoms with Crippen LogP contribution in [-0.2, 0) is 14.6 Å². The predicted molar refractivity (Wildman–Crippen MR) is 70.5 cm³/mol. The average Bonchev–Trinajstić information content (AvgIpc) is 2.28. The number of rotatable bonds is 6. The summed E-state index contributed by atoms with van der Waals surface area (Å²) in [5.41, 5.74) is 0.494. The van der Waals surface area contributed by atoms with Crippen molar-refractivity contribution in [2.24, 2.45) is 0 Å². The molecule has 0 unspecified atom stereocenters. The van der Waals surface area contributed by atoms with E-state index in [1.807, 2.05) is 0 Å². The molecule has 0 saturated heterocycles. The molecule has 1 amide bonds. The lowest BCUT2D eigenvalue weighted by molar-refractivity contribution is -0.113. The summed E-state index contributed by atoms with van der Waals surface area (Å²) >= 11 is 0. The molecule has 18 heavy (non-hydrogen) atoms. The number of anilines is 1. The molecule has 1 aromatic rings. The third kappa shape index (κ3) is 4.58. The van der Waals surface area contributed by atoms with Crippen LogP contribution in [0.15, 0.2) is 36.9 Å². The van der Waals surface area contributed by atoms with E-state index in [4.69, 9.17) is 4.74 Å². The minimum atomic E-state index is -3.43. The smallest absolute Gasteiger partial charge is 0.239 e. The second kappa shape index (κ2) is 6.20. The maximum Gasteiger partial charge on any atom is 0.239 e. The van der Waals surface area contributed by atoms with Crippen LogP contribution < -0.4 is 10.1 Å². The second-order valence-electron chi connectivity index (χ2n) is 3.62. The van der Waals surface area contributed by atoms with Gasteiger partial charge < -0.3 is 10.1 Å². The lowest BCUT2D eigenvalue weighted by Crippen LogP contribution is -2.24. The van der Waals surface area contributed by atoms with Gasteiger partial charge >= 0.3 is 0 Å². The van der Waals surface area contributed by atoms with Crippen molar-refractivity contribution in [1.82, 2.24) is 0 Å². The van der Waals surface area contributed by atoms with E-state index in [-0.39, 0.29) is 5.75 Å². The first-order valence-electron chi connectivity index (χ1n) is 5.22. The molecule has 0 bridgehead atoms. The van der Waals surface area contributed by atoms with Gasteiger partial charge in [-0.2, -0.15) is 0 Å². The van der Waals surface area contributed by atoms with Crippen LogP contribution in [0, 0.1) is 0 Å². The van der Waals surface area contributed by atoms with Gasteiger partial charge in [0, 0.05) is 11.8 Å². The maximum atomic E-state index is 11.5. The number of benzene rings is 1. The fourth-order valence-electron chi connectivity index (χ4n) is 1.34. The normalized spacial score (nSPS) is 10.7. The van der Waals surface area contributed by atoms with E-state index in [0.29, 0.717) is 11.4 Å². The molecule has 0 heterocycles. The third-order valence-corrected chi connectivity index (χ3v) is 3.52. The number of ether oxygens (including phenoxy) is 1. The van der Waals surface area contributed by atoms with E-state index in [2.05, 4.69) is 11.9 Å². The van der Waals surface area contributed by atoms with Gasteiger partial charge in [0.15, 0.2) is 9.84 Å². The van der Waals surface area contributed by atoms with Crippen LogP contribution in [0.3, 0.4) is 0 Å². The van der Waals surface area contributed by atoms with Crippen molar-refractivity contribution in [3.63, 3.8) is 0 Å². The van der Waals surface area contributed by atoms with Gasteiger partial charge in [0.2, 0.25) is 5.91 Å². The van der Waals surface area contributed by atoms with Crippen molar-refractivity contribution in [1.29, 1.82) is 0 Å². The van der Waals surface area contributed by atoms with Gasteiger partial charge in [0.1, 0.15) is 11.5 Å². The fraction of sp³-hybridized carbons (Fsp3) is 0.250. The SMILES string of the molecule is C=CCS(=O)(=O)CC(=O)Nc1cccc(OC)c1.